The normalized spacial score (nSPS) is 11.5. The highest BCUT2D eigenvalue weighted by Crippen LogP contribution is 2.26. The molecule has 4 heteroatoms. The van der Waals surface area contributed by atoms with Gasteiger partial charge in [0.15, 0.2) is 18.2 Å². The van der Waals surface area contributed by atoms with Gasteiger partial charge in [-0.2, -0.15) is 0 Å². The van der Waals surface area contributed by atoms with Crippen LogP contribution in [0.2, 0.25) is 0 Å². The second-order valence-corrected chi connectivity index (χ2v) is 4.57. The minimum absolute atomic E-state index is 0.846. The number of hydrogen-bond acceptors (Lipinski definition) is 2. The Labute approximate surface area is 111 Å². The molecule has 0 fully saturated rings. The lowest BCUT2D eigenvalue weighted by Gasteiger charge is -1.99. The highest BCUT2D eigenvalue weighted by atomic mass is 15.2. The zero-order valence-electron chi connectivity index (χ0n) is 11.0. The molecule has 0 unspecified atom stereocenters. The summed E-state index contributed by atoms with van der Waals surface area (Å²) in [6, 6.07) is 12.0. The Kier molecular flexibility index (Phi) is 2.83. The van der Waals surface area contributed by atoms with Gasteiger partial charge in [-0.15, -0.1) is 10.2 Å². The van der Waals surface area contributed by atoms with E-state index in [1.807, 2.05) is 59.9 Å². The van der Waals surface area contributed by atoms with E-state index in [0.29, 0.717) is 0 Å². The van der Waals surface area contributed by atoms with Crippen molar-refractivity contribution in [1.82, 2.24) is 4.57 Å². The molecule has 0 radical (unpaired) electrons. The van der Waals surface area contributed by atoms with Crippen LogP contribution >= 0.6 is 0 Å². The van der Waals surface area contributed by atoms with Gasteiger partial charge in [-0.1, -0.05) is 6.07 Å². The van der Waals surface area contributed by atoms with E-state index in [1.54, 1.807) is 0 Å². The Balaban J connectivity index is 2.06. The highest BCUT2D eigenvalue weighted by molar-refractivity contribution is 5.91. The number of aromatic nitrogens is 2. The fraction of sp³-hybridized carbons (Fsp3) is 0.133. The molecule has 3 aromatic rings. The molecule has 0 saturated carbocycles. The Morgan fingerprint density at radius 1 is 1.05 bits per heavy atom. The Hall–Kier alpha value is -2.49. The summed E-state index contributed by atoms with van der Waals surface area (Å²) < 4.78 is 3.97. The molecule has 2 aromatic heterocycles. The molecule has 1 aromatic carbocycles. The van der Waals surface area contributed by atoms with Crippen LogP contribution in [0, 0.1) is 0 Å². The molecule has 0 saturated heterocycles. The van der Waals surface area contributed by atoms with Gasteiger partial charge >= 0.3 is 0 Å². The second kappa shape index (κ2) is 4.65. The third-order valence-corrected chi connectivity index (χ3v) is 3.11. The van der Waals surface area contributed by atoms with Gasteiger partial charge in [-0.05, 0) is 24.3 Å². The maximum atomic E-state index is 4.36. The number of aryl methyl sites for hydroxylation is 2. The van der Waals surface area contributed by atoms with Gasteiger partial charge in [-0.25, -0.2) is 4.57 Å². The summed E-state index contributed by atoms with van der Waals surface area (Å²) >= 11 is 0. The van der Waals surface area contributed by atoms with E-state index in [1.165, 1.54) is 0 Å². The molecule has 0 aliphatic heterocycles. The molecular formula is C15H15N4+. The van der Waals surface area contributed by atoms with Crippen molar-refractivity contribution in [2.24, 2.45) is 24.3 Å². The van der Waals surface area contributed by atoms with Crippen molar-refractivity contribution < 1.29 is 4.57 Å². The monoisotopic (exact) mass is 251 g/mol. The van der Waals surface area contributed by atoms with Crippen LogP contribution in [-0.2, 0) is 14.1 Å². The smallest absolute Gasteiger partial charge is 0.176 e. The van der Waals surface area contributed by atoms with Crippen LogP contribution in [0.25, 0.3) is 10.8 Å². The molecule has 0 aliphatic carbocycles. The number of rotatable bonds is 2. The van der Waals surface area contributed by atoms with Gasteiger partial charge in [0.2, 0.25) is 0 Å². The summed E-state index contributed by atoms with van der Waals surface area (Å²) in [5, 5.41) is 10.9. The number of benzene rings is 1. The average Bonchev–Trinajstić information content (AvgIpc) is 2.81. The molecule has 0 spiro atoms. The second-order valence-electron chi connectivity index (χ2n) is 4.57. The predicted molar refractivity (Wildman–Crippen MR) is 74.7 cm³/mol. The fourth-order valence-electron chi connectivity index (χ4n) is 2.07. The Morgan fingerprint density at radius 2 is 1.95 bits per heavy atom. The summed E-state index contributed by atoms with van der Waals surface area (Å²) in [6.45, 7) is 0. The molecule has 3 rings (SSSR count). The first kappa shape index (κ1) is 11.6. The van der Waals surface area contributed by atoms with Crippen LogP contribution in [0.1, 0.15) is 0 Å². The van der Waals surface area contributed by atoms with E-state index in [2.05, 4.69) is 28.6 Å². The van der Waals surface area contributed by atoms with Crippen molar-refractivity contribution in [2.75, 3.05) is 0 Å². The van der Waals surface area contributed by atoms with Crippen molar-refractivity contribution in [1.29, 1.82) is 0 Å². The first-order valence-electron chi connectivity index (χ1n) is 6.15. The van der Waals surface area contributed by atoms with Gasteiger partial charge in [0.05, 0.1) is 5.69 Å². The molecule has 2 heterocycles. The van der Waals surface area contributed by atoms with Crippen molar-refractivity contribution in [2.45, 2.75) is 0 Å². The van der Waals surface area contributed by atoms with E-state index in [-0.39, 0.29) is 0 Å². The topological polar surface area (TPSA) is 33.5 Å². The zero-order chi connectivity index (χ0) is 13.2. The zero-order valence-corrected chi connectivity index (χ0v) is 11.0. The first-order valence-corrected chi connectivity index (χ1v) is 6.15. The van der Waals surface area contributed by atoms with Crippen LogP contribution in [0.4, 0.5) is 11.5 Å². The number of nitrogens with zero attached hydrogens (tertiary/aromatic N) is 4. The van der Waals surface area contributed by atoms with Gasteiger partial charge in [-0.3, -0.25) is 0 Å². The van der Waals surface area contributed by atoms with Crippen molar-refractivity contribution in [3.8, 4) is 0 Å². The number of fused-ring (bicyclic) bond motifs is 1. The number of azo groups is 1. The first-order chi connectivity index (χ1) is 9.24. The minimum atomic E-state index is 0.846. The maximum Gasteiger partial charge on any atom is 0.176 e. The Bertz CT molecular complexity index is 756. The molecule has 0 bridgehead atoms. The number of pyridine rings is 1. The van der Waals surface area contributed by atoms with Crippen LogP contribution in [-0.4, -0.2) is 4.57 Å². The summed E-state index contributed by atoms with van der Waals surface area (Å²) in [4.78, 5) is 0. The summed E-state index contributed by atoms with van der Waals surface area (Å²) in [5.41, 5.74) is 0.888. The number of hydrogen-bond donors (Lipinski definition) is 0. The predicted octanol–water partition coefficient (Wildman–Crippen LogP) is 3.42. The van der Waals surface area contributed by atoms with Crippen LogP contribution in [0.5, 0.6) is 0 Å². The molecule has 0 amide bonds. The molecule has 0 aliphatic rings. The molecular weight excluding hydrogens is 236 g/mol. The van der Waals surface area contributed by atoms with E-state index >= 15 is 0 Å². The minimum Gasteiger partial charge on any atom is -0.335 e. The Morgan fingerprint density at radius 3 is 2.74 bits per heavy atom. The fourth-order valence-corrected chi connectivity index (χ4v) is 2.07. The quantitative estimate of drug-likeness (QED) is 0.494. The highest BCUT2D eigenvalue weighted by Gasteiger charge is 2.03. The van der Waals surface area contributed by atoms with E-state index in [4.69, 9.17) is 0 Å². The third-order valence-electron chi connectivity index (χ3n) is 3.11. The van der Waals surface area contributed by atoms with E-state index in [0.717, 1.165) is 22.3 Å². The average molecular weight is 251 g/mol. The molecule has 94 valence electrons. The van der Waals surface area contributed by atoms with Gasteiger partial charge < -0.3 is 4.57 Å². The van der Waals surface area contributed by atoms with Crippen molar-refractivity contribution in [3.05, 3.63) is 55.0 Å². The van der Waals surface area contributed by atoms with Gasteiger partial charge in [0, 0.05) is 30.1 Å². The largest absolute Gasteiger partial charge is 0.335 e. The summed E-state index contributed by atoms with van der Waals surface area (Å²) in [5.74, 6) is 0.846. The maximum absolute atomic E-state index is 4.36. The third kappa shape index (κ3) is 2.25. The molecule has 19 heavy (non-hydrogen) atoms. The standard InChI is InChI=1S/C15H15N4/c1-18-10-8-13-12(11-18)5-3-6-14(13)16-17-15-7-4-9-19(15)2/h3-11H,1-2H3/q+1. The lowest BCUT2D eigenvalue weighted by molar-refractivity contribution is -0.670. The van der Waals surface area contributed by atoms with Crippen LogP contribution < -0.4 is 4.57 Å². The summed E-state index contributed by atoms with van der Waals surface area (Å²) in [7, 11) is 3.97. The molecule has 0 N–H and O–H groups in total. The van der Waals surface area contributed by atoms with E-state index in [9.17, 15) is 0 Å². The lowest BCUT2D eigenvalue weighted by Crippen LogP contribution is -2.25. The van der Waals surface area contributed by atoms with Crippen molar-refractivity contribution in [3.63, 3.8) is 0 Å². The van der Waals surface area contributed by atoms with Crippen molar-refractivity contribution >= 4 is 22.3 Å². The lowest BCUT2D eigenvalue weighted by atomic mass is 10.1. The van der Waals surface area contributed by atoms with E-state index < -0.39 is 0 Å². The molecule has 4 nitrogen and oxygen atoms in total. The van der Waals surface area contributed by atoms with Crippen LogP contribution in [0.3, 0.4) is 0 Å². The SMILES string of the molecule is Cn1cccc1N=Nc1cccc2c[n+](C)ccc12. The van der Waals surface area contributed by atoms with Gasteiger partial charge in [0.1, 0.15) is 7.05 Å². The van der Waals surface area contributed by atoms with Gasteiger partial charge in [0.25, 0.3) is 0 Å². The van der Waals surface area contributed by atoms with Crippen LogP contribution in [0.15, 0.2) is 65.2 Å². The summed E-state index contributed by atoms with van der Waals surface area (Å²) in [6.07, 6.45) is 6.05. The molecule has 0 atom stereocenters.